The summed E-state index contributed by atoms with van der Waals surface area (Å²) in [5.41, 5.74) is 3.87. The summed E-state index contributed by atoms with van der Waals surface area (Å²) in [5, 5.41) is 3.26. The van der Waals surface area contributed by atoms with Crippen LogP contribution < -0.4 is 5.63 Å². The largest absolute Gasteiger partial charge is 0.423 e. The van der Waals surface area contributed by atoms with E-state index in [9.17, 15) is 4.79 Å². The molecule has 0 N–H and O–H groups in total. The van der Waals surface area contributed by atoms with Gasteiger partial charge in [-0.3, -0.25) is 0 Å². The van der Waals surface area contributed by atoms with Gasteiger partial charge in [0.25, 0.3) is 0 Å². The van der Waals surface area contributed by atoms with Crippen molar-refractivity contribution in [2.24, 2.45) is 0 Å². The van der Waals surface area contributed by atoms with Gasteiger partial charge in [-0.25, -0.2) is 14.8 Å². The predicted molar refractivity (Wildman–Crippen MR) is 116 cm³/mol. The molecule has 0 unspecified atom stereocenters. The molecule has 28 heavy (non-hydrogen) atoms. The Labute approximate surface area is 171 Å². The lowest BCUT2D eigenvalue weighted by atomic mass is 9.97. The van der Waals surface area contributed by atoms with Gasteiger partial charge in [0.15, 0.2) is 0 Å². The third-order valence-corrected chi connectivity index (χ3v) is 7.45. The highest BCUT2D eigenvalue weighted by Crippen LogP contribution is 2.40. The average Bonchev–Trinajstić information content (AvgIpc) is 3.03. The van der Waals surface area contributed by atoms with Gasteiger partial charge in [0.1, 0.15) is 21.3 Å². The maximum Gasteiger partial charge on any atom is 0.336 e. The molecule has 0 saturated carbocycles. The Hall–Kier alpha value is -2.18. The summed E-state index contributed by atoms with van der Waals surface area (Å²) in [6.07, 6.45) is 4.77. The van der Waals surface area contributed by atoms with Crippen molar-refractivity contribution in [1.29, 1.82) is 0 Å². The van der Waals surface area contributed by atoms with Gasteiger partial charge in [-0.2, -0.15) is 0 Å². The van der Waals surface area contributed by atoms with E-state index in [-0.39, 0.29) is 5.63 Å². The maximum atomic E-state index is 12.0. The molecule has 1 aliphatic rings. The topological polar surface area (TPSA) is 56.0 Å². The van der Waals surface area contributed by atoms with Gasteiger partial charge in [-0.15, -0.1) is 23.1 Å². The Morgan fingerprint density at radius 1 is 1.14 bits per heavy atom. The maximum absolute atomic E-state index is 12.0. The molecule has 3 aromatic heterocycles. The number of thioether (sulfide) groups is 1. The van der Waals surface area contributed by atoms with Crippen LogP contribution in [0, 0.1) is 13.8 Å². The number of rotatable bonds is 3. The fourth-order valence-corrected chi connectivity index (χ4v) is 6.40. The molecule has 0 bridgehead atoms. The average molecular weight is 409 g/mol. The molecule has 1 aliphatic carbocycles. The summed E-state index contributed by atoms with van der Waals surface area (Å²) >= 11 is 3.52. The zero-order valence-corrected chi connectivity index (χ0v) is 17.5. The van der Waals surface area contributed by atoms with Crippen molar-refractivity contribution >= 4 is 44.3 Å². The van der Waals surface area contributed by atoms with Gasteiger partial charge < -0.3 is 4.42 Å². The standard InChI is InChI=1S/C22H20N2O2S2/c1-12-7-8-15-14(10-19(25)26-17(15)9-12)11-27-21-20-16-5-3-4-6-18(16)28-22(20)24-13(2)23-21/h7-10H,3-6,11H2,1-2H3. The summed E-state index contributed by atoms with van der Waals surface area (Å²) in [5.74, 6) is 1.49. The molecular formula is C22H20N2O2S2. The number of aryl methyl sites for hydroxylation is 4. The van der Waals surface area contributed by atoms with Gasteiger partial charge in [0.2, 0.25) is 0 Å². The molecule has 3 heterocycles. The molecule has 5 rings (SSSR count). The second-order valence-electron chi connectivity index (χ2n) is 7.35. The molecule has 6 heteroatoms. The van der Waals surface area contributed by atoms with Crippen molar-refractivity contribution < 1.29 is 4.42 Å². The van der Waals surface area contributed by atoms with E-state index in [0.717, 1.165) is 45.0 Å². The zero-order chi connectivity index (χ0) is 19.3. The van der Waals surface area contributed by atoms with Gasteiger partial charge in [0, 0.05) is 27.5 Å². The van der Waals surface area contributed by atoms with E-state index < -0.39 is 0 Å². The van der Waals surface area contributed by atoms with E-state index >= 15 is 0 Å². The first kappa shape index (κ1) is 17.9. The van der Waals surface area contributed by atoms with Crippen LogP contribution in [0.4, 0.5) is 0 Å². The van der Waals surface area contributed by atoms with Crippen molar-refractivity contribution in [1.82, 2.24) is 9.97 Å². The lowest BCUT2D eigenvalue weighted by molar-refractivity contribution is 0.559. The van der Waals surface area contributed by atoms with E-state index in [1.165, 1.54) is 28.7 Å². The number of nitrogens with zero attached hydrogens (tertiary/aromatic N) is 2. The van der Waals surface area contributed by atoms with Gasteiger partial charge in [-0.05, 0) is 62.3 Å². The summed E-state index contributed by atoms with van der Waals surface area (Å²) < 4.78 is 5.40. The first-order chi connectivity index (χ1) is 13.6. The number of hydrogen-bond acceptors (Lipinski definition) is 6. The summed E-state index contributed by atoms with van der Waals surface area (Å²) in [6.45, 7) is 3.96. The van der Waals surface area contributed by atoms with Crippen LogP contribution in [0.25, 0.3) is 21.2 Å². The number of thiophene rings is 1. The van der Waals surface area contributed by atoms with Crippen molar-refractivity contribution in [2.45, 2.75) is 50.3 Å². The highest BCUT2D eigenvalue weighted by Gasteiger charge is 2.21. The number of hydrogen-bond donors (Lipinski definition) is 0. The Morgan fingerprint density at radius 3 is 2.89 bits per heavy atom. The van der Waals surface area contributed by atoms with E-state index in [0.29, 0.717) is 11.3 Å². The minimum Gasteiger partial charge on any atom is -0.423 e. The highest BCUT2D eigenvalue weighted by atomic mass is 32.2. The van der Waals surface area contributed by atoms with Crippen LogP contribution in [0.2, 0.25) is 0 Å². The predicted octanol–water partition coefficient (Wildman–Crippen LogP) is 5.59. The quantitative estimate of drug-likeness (QED) is 0.251. The fraction of sp³-hybridized carbons (Fsp3) is 0.318. The Morgan fingerprint density at radius 2 is 2.00 bits per heavy atom. The lowest BCUT2D eigenvalue weighted by Gasteiger charge is -2.12. The molecule has 4 aromatic rings. The third kappa shape index (κ3) is 3.14. The minimum atomic E-state index is -0.300. The monoisotopic (exact) mass is 408 g/mol. The van der Waals surface area contributed by atoms with Gasteiger partial charge in [-0.1, -0.05) is 12.1 Å². The van der Waals surface area contributed by atoms with E-state index in [1.54, 1.807) is 17.8 Å². The lowest BCUT2D eigenvalue weighted by Crippen LogP contribution is -2.01. The number of aromatic nitrogens is 2. The minimum absolute atomic E-state index is 0.300. The Balaban J connectivity index is 1.57. The van der Waals surface area contributed by atoms with Gasteiger partial charge >= 0.3 is 5.63 Å². The van der Waals surface area contributed by atoms with Crippen LogP contribution in [0.15, 0.2) is 38.5 Å². The van der Waals surface area contributed by atoms with Crippen LogP contribution >= 0.6 is 23.1 Å². The summed E-state index contributed by atoms with van der Waals surface area (Å²) in [7, 11) is 0. The van der Waals surface area contributed by atoms with Crippen molar-refractivity contribution in [3.8, 4) is 0 Å². The van der Waals surface area contributed by atoms with E-state index in [1.807, 2.05) is 37.3 Å². The number of benzene rings is 1. The SMILES string of the molecule is Cc1ccc2c(CSc3nc(C)nc4sc5c(c34)CCCC5)cc(=O)oc2c1. The fourth-order valence-electron chi connectivity index (χ4n) is 3.93. The molecule has 142 valence electrons. The molecule has 1 aromatic carbocycles. The van der Waals surface area contributed by atoms with Crippen LogP contribution in [-0.4, -0.2) is 9.97 Å². The molecule has 0 fully saturated rings. The van der Waals surface area contributed by atoms with E-state index in [2.05, 4.69) is 6.07 Å². The van der Waals surface area contributed by atoms with Crippen LogP contribution in [0.1, 0.15) is 40.2 Å². The molecule has 0 atom stereocenters. The van der Waals surface area contributed by atoms with E-state index in [4.69, 9.17) is 14.4 Å². The molecule has 0 aliphatic heterocycles. The number of fused-ring (bicyclic) bond motifs is 4. The summed E-state index contributed by atoms with van der Waals surface area (Å²) in [4.78, 5) is 24.1. The smallest absolute Gasteiger partial charge is 0.336 e. The van der Waals surface area contributed by atoms with Crippen molar-refractivity contribution in [3.05, 3.63) is 62.1 Å². The van der Waals surface area contributed by atoms with Crippen LogP contribution in [-0.2, 0) is 18.6 Å². The normalized spacial score (nSPS) is 13.9. The zero-order valence-electron chi connectivity index (χ0n) is 15.9. The molecule has 0 amide bonds. The third-order valence-electron chi connectivity index (χ3n) is 5.24. The molecular weight excluding hydrogens is 388 g/mol. The second-order valence-corrected chi connectivity index (χ2v) is 9.39. The van der Waals surface area contributed by atoms with Crippen molar-refractivity contribution in [2.75, 3.05) is 0 Å². The second kappa shape index (κ2) is 7.01. The Kier molecular flexibility index (Phi) is 4.48. The first-order valence-electron chi connectivity index (χ1n) is 9.53. The molecule has 0 saturated heterocycles. The van der Waals surface area contributed by atoms with Crippen LogP contribution in [0.3, 0.4) is 0 Å². The first-order valence-corrected chi connectivity index (χ1v) is 11.3. The Bertz CT molecular complexity index is 1270. The van der Waals surface area contributed by atoms with Crippen LogP contribution in [0.5, 0.6) is 0 Å². The molecule has 0 spiro atoms. The van der Waals surface area contributed by atoms with Gasteiger partial charge in [0.05, 0.1) is 0 Å². The molecule has 4 nitrogen and oxygen atoms in total. The highest BCUT2D eigenvalue weighted by molar-refractivity contribution is 7.98. The molecule has 0 radical (unpaired) electrons. The van der Waals surface area contributed by atoms with Crippen molar-refractivity contribution in [3.63, 3.8) is 0 Å². The summed E-state index contributed by atoms with van der Waals surface area (Å²) in [6, 6.07) is 7.63.